The normalized spacial score (nSPS) is 13.9. The lowest BCUT2D eigenvalue weighted by atomic mass is 10.2. The molecule has 2 unspecified atom stereocenters. The molecule has 114 valence electrons. The van der Waals surface area contributed by atoms with Crippen LogP contribution >= 0.6 is 0 Å². The first-order valence-electron chi connectivity index (χ1n) is 7.56. The van der Waals surface area contributed by atoms with Crippen LogP contribution in [0.4, 0.5) is 4.79 Å². The average Bonchev–Trinajstić information content (AvgIpc) is 2.38. The smallest absolute Gasteiger partial charge is 0.434 e. The van der Waals surface area contributed by atoms with Crippen molar-refractivity contribution in [1.82, 2.24) is 0 Å². The van der Waals surface area contributed by atoms with E-state index >= 15 is 0 Å². The molecule has 0 aromatic heterocycles. The molecule has 0 aromatic rings. The Morgan fingerprint density at radius 3 is 2.21 bits per heavy atom. The summed E-state index contributed by atoms with van der Waals surface area (Å²) in [6, 6.07) is 0. The number of carbonyl (C=O) groups is 1. The maximum Gasteiger partial charge on any atom is 0.508 e. The molecule has 0 saturated heterocycles. The van der Waals surface area contributed by atoms with Gasteiger partial charge < -0.3 is 14.2 Å². The molecule has 0 rings (SSSR count). The Labute approximate surface area is 117 Å². The fourth-order valence-corrected chi connectivity index (χ4v) is 1.52. The standard InChI is InChI=1S/C15H30O4/c1-5-7-9-10-12-18-15(16)19-14(4)13(3)17-11-8-6-2/h13-14H,5-12H2,1-4H3. The number of ether oxygens (including phenoxy) is 3. The van der Waals surface area contributed by atoms with Gasteiger partial charge in [-0.05, 0) is 26.7 Å². The highest BCUT2D eigenvalue weighted by atomic mass is 16.7. The molecule has 0 aliphatic carbocycles. The van der Waals surface area contributed by atoms with Gasteiger partial charge in [-0.25, -0.2) is 4.79 Å². The van der Waals surface area contributed by atoms with Gasteiger partial charge in [0.15, 0.2) is 0 Å². The third-order valence-electron chi connectivity index (χ3n) is 3.04. The maximum atomic E-state index is 11.4. The molecular weight excluding hydrogens is 244 g/mol. The van der Waals surface area contributed by atoms with E-state index in [1.165, 1.54) is 12.8 Å². The Hall–Kier alpha value is -0.770. The molecule has 0 fully saturated rings. The van der Waals surface area contributed by atoms with Crippen LogP contribution in [-0.4, -0.2) is 31.6 Å². The first-order chi connectivity index (χ1) is 9.11. The molecule has 0 heterocycles. The monoisotopic (exact) mass is 274 g/mol. The summed E-state index contributed by atoms with van der Waals surface area (Å²) in [6.07, 6.45) is 5.51. The number of hydrogen-bond donors (Lipinski definition) is 0. The van der Waals surface area contributed by atoms with Crippen molar-refractivity contribution in [2.24, 2.45) is 0 Å². The highest BCUT2D eigenvalue weighted by molar-refractivity contribution is 5.60. The third kappa shape index (κ3) is 10.8. The maximum absolute atomic E-state index is 11.4. The summed E-state index contributed by atoms with van der Waals surface area (Å²) in [5.41, 5.74) is 0. The molecule has 0 bridgehead atoms. The first kappa shape index (κ1) is 18.2. The summed E-state index contributed by atoms with van der Waals surface area (Å²) in [5, 5.41) is 0. The molecule has 0 aliphatic rings. The van der Waals surface area contributed by atoms with Crippen molar-refractivity contribution < 1.29 is 19.0 Å². The van der Waals surface area contributed by atoms with Gasteiger partial charge in [0, 0.05) is 6.61 Å². The van der Waals surface area contributed by atoms with Gasteiger partial charge in [-0.3, -0.25) is 0 Å². The topological polar surface area (TPSA) is 44.8 Å². The molecule has 0 aromatic carbocycles. The second-order valence-electron chi connectivity index (χ2n) is 4.91. The van der Waals surface area contributed by atoms with Crippen molar-refractivity contribution >= 4 is 6.16 Å². The third-order valence-corrected chi connectivity index (χ3v) is 3.04. The first-order valence-corrected chi connectivity index (χ1v) is 7.56. The number of hydrogen-bond acceptors (Lipinski definition) is 4. The Kier molecular flexibility index (Phi) is 11.8. The zero-order chi connectivity index (χ0) is 14.5. The quantitative estimate of drug-likeness (QED) is 0.416. The van der Waals surface area contributed by atoms with Gasteiger partial charge in [0.05, 0.1) is 12.7 Å². The molecule has 0 amide bonds. The Morgan fingerprint density at radius 1 is 0.895 bits per heavy atom. The Bertz CT molecular complexity index is 218. The highest BCUT2D eigenvalue weighted by Gasteiger charge is 2.17. The lowest BCUT2D eigenvalue weighted by Crippen LogP contribution is -2.29. The lowest BCUT2D eigenvalue weighted by molar-refractivity contribution is -0.0493. The SMILES string of the molecule is CCCCCCOC(=O)OC(C)C(C)OCCCC. The van der Waals surface area contributed by atoms with E-state index in [9.17, 15) is 4.79 Å². The van der Waals surface area contributed by atoms with Crippen molar-refractivity contribution in [1.29, 1.82) is 0 Å². The van der Waals surface area contributed by atoms with E-state index in [2.05, 4.69) is 13.8 Å². The minimum Gasteiger partial charge on any atom is -0.434 e. The second-order valence-corrected chi connectivity index (χ2v) is 4.91. The van der Waals surface area contributed by atoms with Gasteiger partial charge in [0.1, 0.15) is 6.10 Å². The van der Waals surface area contributed by atoms with Gasteiger partial charge in [0.25, 0.3) is 0 Å². The van der Waals surface area contributed by atoms with Crippen LogP contribution in [0.1, 0.15) is 66.2 Å². The van der Waals surface area contributed by atoms with Crippen molar-refractivity contribution in [3.8, 4) is 0 Å². The summed E-state index contributed by atoms with van der Waals surface area (Å²) in [7, 11) is 0. The Balaban J connectivity index is 3.61. The number of carbonyl (C=O) groups excluding carboxylic acids is 1. The second kappa shape index (κ2) is 12.3. The van der Waals surface area contributed by atoms with Crippen LogP contribution in [0.5, 0.6) is 0 Å². The zero-order valence-corrected chi connectivity index (χ0v) is 12.9. The van der Waals surface area contributed by atoms with Gasteiger partial charge in [0.2, 0.25) is 0 Å². The predicted octanol–water partition coefficient (Wildman–Crippen LogP) is 4.31. The van der Waals surface area contributed by atoms with Crippen molar-refractivity contribution in [2.75, 3.05) is 13.2 Å². The summed E-state index contributed by atoms with van der Waals surface area (Å²) in [4.78, 5) is 11.4. The molecule has 0 saturated carbocycles. The molecule has 0 aliphatic heterocycles. The molecule has 4 heteroatoms. The molecule has 19 heavy (non-hydrogen) atoms. The van der Waals surface area contributed by atoms with Crippen molar-refractivity contribution in [2.45, 2.75) is 78.4 Å². The van der Waals surface area contributed by atoms with E-state index < -0.39 is 6.16 Å². The molecule has 2 atom stereocenters. The van der Waals surface area contributed by atoms with Crippen LogP contribution in [0.25, 0.3) is 0 Å². The molecule has 0 radical (unpaired) electrons. The fourth-order valence-electron chi connectivity index (χ4n) is 1.52. The van der Waals surface area contributed by atoms with Gasteiger partial charge in [-0.1, -0.05) is 39.5 Å². The zero-order valence-electron chi connectivity index (χ0n) is 12.9. The number of unbranched alkanes of at least 4 members (excludes halogenated alkanes) is 4. The Morgan fingerprint density at radius 2 is 1.58 bits per heavy atom. The molecule has 0 N–H and O–H groups in total. The van der Waals surface area contributed by atoms with E-state index in [-0.39, 0.29) is 12.2 Å². The van der Waals surface area contributed by atoms with Gasteiger partial charge in [-0.15, -0.1) is 0 Å². The highest BCUT2D eigenvalue weighted by Crippen LogP contribution is 2.06. The van der Waals surface area contributed by atoms with Crippen molar-refractivity contribution in [3.05, 3.63) is 0 Å². The molecule has 4 nitrogen and oxygen atoms in total. The van der Waals surface area contributed by atoms with E-state index in [4.69, 9.17) is 14.2 Å². The van der Waals surface area contributed by atoms with Crippen LogP contribution in [0.2, 0.25) is 0 Å². The fraction of sp³-hybridized carbons (Fsp3) is 0.933. The van der Waals surface area contributed by atoms with Crippen LogP contribution in [-0.2, 0) is 14.2 Å². The lowest BCUT2D eigenvalue weighted by Gasteiger charge is -2.20. The summed E-state index contributed by atoms with van der Waals surface area (Å²) in [6.45, 7) is 9.15. The molecule has 0 spiro atoms. The average molecular weight is 274 g/mol. The number of rotatable bonds is 11. The van der Waals surface area contributed by atoms with E-state index in [0.717, 1.165) is 25.7 Å². The summed E-state index contributed by atoms with van der Waals surface area (Å²) in [5.74, 6) is 0. The van der Waals surface area contributed by atoms with Gasteiger partial charge >= 0.3 is 6.16 Å². The summed E-state index contributed by atoms with van der Waals surface area (Å²) >= 11 is 0. The van der Waals surface area contributed by atoms with Crippen molar-refractivity contribution in [3.63, 3.8) is 0 Å². The van der Waals surface area contributed by atoms with Crippen LogP contribution < -0.4 is 0 Å². The van der Waals surface area contributed by atoms with E-state index in [0.29, 0.717) is 13.2 Å². The predicted molar refractivity (Wildman–Crippen MR) is 76.4 cm³/mol. The largest absolute Gasteiger partial charge is 0.508 e. The minimum atomic E-state index is -0.588. The minimum absolute atomic E-state index is 0.0980. The van der Waals surface area contributed by atoms with Gasteiger partial charge in [-0.2, -0.15) is 0 Å². The van der Waals surface area contributed by atoms with E-state index in [1.54, 1.807) is 0 Å². The van der Waals surface area contributed by atoms with E-state index in [1.807, 2.05) is 13.8 Å². The van der Waals surface area contributed by atoms with Crippen LogP contribution in [0.15, 0.2) is 0 Å². The van der Waals surface area contributed by atoms with Crippen LogP contribution in [0.3, 0.4) is 0 Å². The van der Waals surface area contributed by atoms with Crippen LogP contribution in [0, 0.1) is 0 Å². The summed E-state index contributed by atoms with van der Waals surface area (Å²) < 4.78 is 15.8. The molecular formula is C15H30O4.